The molecular weight excluding hydrogens is 326 g/mol. The minimum Gasteiger partial charge on any atom is -0.374 e. The van der Waals surface area contributed by atoms with Crippen LogP contribution in [0, 0.1) is 0 Å². The molecule has 7 heteroatoms. The molecule has 6 nitrogen and oxygen atoms in total. The fourth-order valence-electron chi connectivity index (χ4n) is 3.63. The summed E-state index contributed by atoms with van der Waals surface area (Å²) in [5.41, 5.74) is 0.958. The molecule has 0 radical (unpaired) electrons. The lowest BCUT2D eigenvalue weighted by Gasteiger charge is -2.43. The summed E-state index contributed by atoms with van der Waals surface area (Å²) in [6.45, 7) is 1.35. The summed E-state index contributed by atoms with van der Waals surface area (Å²) in [5.74, 6) is 1.29. The number of carbonyl (C=O) groups is 1. The van der Waals surface area contributed by atoms with Gasteiger partial charge in [-0.05, 0) is 24.3 Å². The van der Waals surface area contributed by atoms with Crippen molar-refractivity contribution >= 4 is 17.2 Å². The molecule has 3 heterocycles. The number of carbonyl (C=O) groups excluding carboxylic acids is 1. The molecule has 2 fully saturated rings. The summed E-state index contributed by atoms with van der Waals surface area (Å²) in [6.07, 6.45) is 5.64. The first kappa shape index (κ1) is 15.8. The molecule has 1 saturated carbocycles. The number of aromatic nitrogens is 2. The molecule has 0 unspecified atom stereocenters. The third-order valence-corrected chi connectivity index (χ3v) is 5.54. The number of fused-ring (bicyclic) bond motifs is 1. The zero-order chi connectivity index (χ0) is 16.4. The van der Waals surface area contributed by atoms with E-state index in [0.717, 1.165) is 18.4 Å². The number of hydrogen-bond donors (Lipinski definition) is 0. The molecule has 0 bridgehead atoms. The Morgan fingerprint density at radius 2 is 2.29 bits per heavy atom. The molecule has 2 atom stereocenters. The number of nitrogens with zero attached hydrogens (tertiary/aromatic N) is 3. The SMILES string of the molecule is O=C(CCc1nc(-c2ccsc2)no1)N1CCO[C@@H]2CCCC[C@@H]21. The maximum absolute atomic E-state index is 12.6. The van der Waals surface area contributed by atoms with Crippen LogP contribution in [0.1, 0.15) is 38.0 Å². The Kier molecular flexibility index (Phi) is 4.62. The zero-order valence-corrected chi connectivity index (χ0v) is 14.3. The lowest BCUT2D eigenvalue weighted by molar-refractivity contribution is -0.149. The third-order valence-electron chi connectivity index (χ3n) is 4.85. The van der Waals surface area contributed by atoms with Crippen molar-refractivity contribution in [1.82, 2.24) is 15.0 Å². The number of hydrogen-bond acceptors (Lipinski definition) is 6. The van der Waals surface area contributed by atoms with E-state index in [9.17, 15) is 4.79 Å². The van der Waals surface area contributed by atoms with Gasteiger partial charge in [0.25, 0.3) is 0 Å². The molecule has 0 N–H and O–H groups in total. The van der Waals surface area contributed by atoms with Crippen LogP contribution in [-0.4, -0.2) is 46.2 Å². The highest BCUT2D eigenvalue weighted by molar-refractivity contribution is 7.08. The Morgan fingerprint density at radius 3 is 3.17 bits per heavy atom. The average Bonchev–Trinajstić information content (AvgIpc) is 3.30. The van der Waals surface area contributed by atoms with Crippen molar-refractivity contribution < 1.29 is 14.1 Å². The first-order valence-corrected chi connectivity index (χ1v) is 9.52. The predicted octanol–water partition coefficient (Wildman–Crippen LogP) is 2.90. The predicted molar refractivity (Wildman–Crippen MR) is 89.6 cm³/mol. The number of ether oxygens (including phenoxy) is 1. The third kappa shape index (κ3) is 3.23. The van der Waals surface area contributed by atoms with E-state index < -0.39 is 0 Å². The van der Waals surface area contributed by atoms with Crippen LogP contribution in [0.3, 0.4) is 0 Å². The molecule has 2 aromatic rings. The van der Waals surface area contributed by atoms with Crippen molar-refractivity contribution in [1.29, 1.82) is 0 Å². The van der Waals surface area contributed by atoms with Crippen molar-refractivity contribution in [2.24, 2.45) is 0 Å². The van der Waals surface area contributed by atoms with E-state index in [1.807, 2.05) is 21.7 Å². The highest BCUT2D eigenvalue weighted by Crippen LogP contribution is 2.29. The van der Waals surface area contributed by atoms with Gasteiger partial charge in [-0.25, -0.2) is 0 Å². The van der Waals surface area contributed by atoms with E-state index in [-0.39, 0.29) is 18.1 Å². The number of morpholine rings is 1. The van der Waals surface area contributed by atoms with Gasteiger partial charge in [0, 0.05) is 30.3 Å². The second-order valence-electron chi connectivity index (χ2n) is 6.37. The van der Waals surface area contributed by atoms with Crippen LogP contribution in [0.25, 0.3) is 11.4 Å². The first-order valence-electron chi connectivity index (χ1n) is 8.57. The Labute approximate surface area is 144 Å². The molecule has 0 spiro atoms. The molecule has 2 aliphatic rings. The highest BCUT2D eigenvalue weighted by atomic mass is 32.1. The standard InChI is InChI=1S/C17H21N3O3S/c21-16(20-8-9-22-14-4-2-1-3-13(14)20)6-5-15-18-17(19-23-15)12-7-10-24-11-12/h7,10-11,13-14H,1-6,8-9H2/t13-,14+/m0/s1. The molecule has 4 rings (SSSR count). The first-order chi connectivity index (χ1) is 11.8. The second-order valence-corrected chi connectivity index (χ2v) is 7.15. The Bertz CT molecular complexity index is 683. The normalized spacial score (nSPS) is 23.9. The Hall–Kier alpha value is -1.73. The van der Waals surface area contributed by atoms with Crippen LogP contribution in [0.2, 0.25) is 0 Å². The lowest BCUT2D eigenvalue weighted by atomic mass is 9.90. The van der Waals surface area contributed by atoms with Gasteiger partial charge in [0.1, 0.15) is 0 Å². The lowest BCUT2D eigenvalue weighted by Crippen LogP contribution is -2.54. The number of amides is 1. The summed E-state index contributed by atoms with van der Waals surface area (Å²) in [4.78, 5) is 19.0. The summed E-state index contributed by atoms with van der Waals surface area (Å²) >= 11 is 1.60. The van der Waals surface area contributed by atoms with Gasteiger partial charge in [-0.3, -0.25) is 4.79 Å². The molecule has 1 aliphatic carbocycles. The van der Waals surface area contributed by atoms with Crippen molar-refractivity contribution in [3.63, 3.8) is 0 Å². The molecule has 1 saturated heterocycles. The van der Waals surface area contributed by atoms with Crippen LogP contribution < -0.4 is 0 Å². The molecule has 128 valence electrons. The van der Waals surface area contributed by atoms with Crippen molar-refractivity contribution in [3.05, 3.63) is 22.7 Å². The van der Waals surface area contributed by atoms with Crippen LogP contribution in [-0.2, 0) is 16.0 Å². The molecule has 2 aromatic heterocycles. The molecular formula is C17H21N3O3S. The van der Waals surface area contributed by atoms with Gasteiger partial charge < -0.3 is 14.2 Å². The van der Waals surface area contributed by atoms with E-state index in [1.54, 1.807) is 11.3 Å². The van der Waals surface area contributed by atoms with Crippen molar-refractivity contribution in [2.45, 2.75) is 50.7 Å². The Balaban J connectivity index is 1.36. The van der Waals surface area contributed by atoms with E-state index in [4.69, 9.17) is 9.26 Å². The maximum atomic E-state index is 12.6. The zero-order valence-electron chi connectivity index (χ0n) is 13.5. The van der Waals surface area contributed by atoms with Gasteiger partial charge >= 0.3 is 0 Å². The maximum Gasteiger partial charge on any atom is 0.227 e. The highest BCUT2D eigenvalue weighted by Gasteiger charge is 2.36. The van der Waals surface area contributed by atoms with Gasteiger partial charge in [0.2, 0.25) is 17.6 Å². The molecule has 0 aromatic carbocycles. The minimum absolute atomic E-state index is 0.172. The summed E-state index contributed by atoms with van der Waals surface area (Å²) in [6, 6.07) is 2.21. The van der Waals surface area contributed by atoms with Crippen LogP contribution >= 0.6 is 11.3 Å². The molecule has 24 heavy (non-hydrogen) atoms. The van der Waals surface area contributed by atoms with Crippen LogP contribution in [0.4, 0.5) is 0 Å². The smallest absolute Gasteiger partial charge is 0.227 e. The van der Waals surface area contributed by atoms with Gasteiger partial charge in [-0.15, -0.1) is 0 Å². The molecule has 1 amide bonds. The quantitative estimate of drug-likeness (QED) is 0.851. The average molecular weight is 347 g/mol. The van der Waals surface area contributed by atoms with Gasteiger partial charge in [0.15, 0.2) is 0 Å². The van der Waals surface area contributed by atoms with Gasteiger partial charge in [0.05, 0.1) is 18.8 Å². The van der Waals surface area contributed by atoms with E-state index in [1.165, 1.54) is 12.8 Å². The summed E-state index contributed by atoms with van der Waals surface area (Å²) in [5, 5.41) is 7.95. The van der Waals surface area contributed by atoms with E-state index in [0.29, 0.717) is 37.7 Å². The fourth-order valence-corrected chi connectivity index (χ4v) is 4.26. The van der Waals surface area contributed by atoms with Crippen molar-refractivity contribution in [3.8, 4) is 11.4 Å². The van der Waals surface area contributed by atoms with Crippen LogP contribution in [0.15, 0.2) is 21.3 Å². The van der Waals surface area contributed by atoms with Crippen LogP contribution in [0.5, 0.6) is 0 Å². The molecule has 1 aliphatic heterocycles. The monoisotopic (exact) mass is 347 g/mol. The summed E-state index contributed by atoms with van der Waals surface area (Å²) in [7, 11) is 0. The number of rotatable bonds is 4. The van der Waals surface area contributed by atoms with Gasteiger partial charge in [-0.2, -0.15) is 16.3 Å². The van der Waals surface area contributed by atoms with E-state index >= 15 is 0 Å². The minimum atomic E-state index is 0.172. The Morgan fingerprint density at radius 1 is 1.38 bits per heavy atom. The largest absolute Gasteiger partial charge is 0.374 e. The number of aryl methyl sites for hydroxylation is 1. The fraction of sp³-hybridized carbons (Fsp3) is 0.588. The second kappa shape index (κ2) is 7.03. The van der Waals surface area contributed by atoms with E-state index in [2.05, 4.69) is 10.1 Å². The topological polar surface area (TPSA) is 68.5 Å². The van der Waals surface area contributed by atoms with Crippen molar-refractivity contribution in [2.75, 3.05) is 13.2 Å². The van der Waals surface area contributed by atoms with Gasteiger partial charge in [-0.1, -0.05) is 18.0 Å². The summed E-state index contributed by atoms with van der Waals surface area (Å²) < 4.78 is 11.1. The number of thiophene rings is 1.